The fraction of sp³-hybridized carbons (Fsp3) is 0.710. The van der Waals surface area contributed by atoms with E-state index in [0.29, 0.717) is 0 Å². The highest BCUT2D eigenvalue weighted by Crippen LogP contribution is 2.15. The molecule has 0 fully saturated rings. The maximum atomic E-state index is 10.2. The van der Waals surface area contributed by atoms with Crippen molar-refractivity contribution in [2.45, 2.75) is 141 Å². The highest BCUT2D eigenvalue weighted by molar-refractivity contribution is 5.86. The van der Waals surface area contributed by atoms with Gasteiger partial charge in [-0.15, -0.1) is 6.42 Å². The van der Waals surface area contributed by atoms with Gasteiger partial charge in [-0.25, -0.2) is 4.79 Å². The van der Waals surface area contributed by atoms with E-state index in [1.54, 1.807) is 6.08 Å². The van der Waals surface area contributed by atoms with E-state index >= 15 is 0 Å². The zero-order valence-electron chi connectivity index (χ0n) is 21.3. The van der Waals surface area contributed by atoms with Gasteiger partial charge in [0.2, 0.25) is 0 Å². The van der Waals surface area contributed by atoms with E-state index in [9.17, 15) is 4.79 Å². The maximum absolute atomic E-state index is 10.2. The first-order chi connectivity index (χ1) is 16.3. The molecule has 0 aliphatic rings. The summed E-state index contributed by atoms with van der Waals surface area (Å²) in [6.07, 6.45) is 42.4. The van der Waals surface area contributed by atoms with Crippen molar-refractivity contribution in [3.63, 3.8) is 0 Å². The molecule has 0 rings (SSSR count). The Morgan fingerprint density at radius 2 is 0.848 bits per heavy atom. The summed E-state index contributed by atoms with van der Waals surface area (Å²) < 4.78 is 0. The number of aliphatic carboxylic acids is 1. The van der Waals surface area contributed by atoms with Crippen molar-refractivity contribution in [3.05, 3.63) is 24.3 Å². The average molecular weight is 455 g/mol. The van der Waals surface area contributed by atoms with Gasteiger partial charge in [0.25, 0.3) is 0 Å². The van der Waals surface area contributed by atoms with Crippen molar-refractivity contribution >= 4 is 5.97 Å². The van der Waals surface area contributed by atoms with Crippen molar-refractivity contribution in [2.75, 3.05) is 0 Å². The Morgan fingerprint density at radius 1 is 0.545 bits per heavy atom. The quantitative estimate of drug-likeness (QED) is 0.123. The standard InChI is InChI=1S/C31H50O2/c1-2-3-4-5-6-7-8-9-10-11-12-13-14-15-16-17-18-19-20-21-22-23-24-25-26-27-28-29-30-31(32)33/h1,3-4,27-28H,5-26H2,(H,32,33). The number of carbonyl (C=O) groups is 1. The summed E-state index contributed by atoms with van der Waals surface area (Å²) in [5.74, 6) is 6.09. The molecule has 0 unspecified atom stereocenters. The number of carboxylic acids is 1. The predicted molar refractivity (Wildman–Crippen MR) is 144 cm³/mol. The third kappa shape index (κ3) is 30.1. The largest absolute Gasteiger partial charge is 0.472 e. The monoisotopic (exact) mass is 454 g/mol. The van der Waals surface area contributed by atoms with E-state index in [2.05, 4.69) is 23.8 Å². The highest BCUT2D eigenvalue weighted by Gasteiger charge is 1.95. The molecule has 0 spiro atoms. The van der Waals surface area contributed by atoms with Crippen molar-refractivity contribution < 1.29 is 9.90 Å². The Hall–Kier alpha value is -1.93. The average Bonchev–Trinajstić information content (AvgIpc) is 2.80. The van der Waals surface area contributed by atoms with Crippen LogP contribution in [0.3, 0.4) is 0 Å². The van der Waals surface area contributed by atoms with E-state index < -0.39 is 5.97 Å². The number of hydrogen-bond acceptors (Lipinski definition) is 1. The first-order valence-electron chi connectivity index (χ1n) is 13.8. The van der Waals surface area contributed by atoms with Gasteiger partial charge in [0, 0.05) is 5.92 Å². The molecular weight excluding hydrogens is 404 g/mol. The normalized spacial score (nSPS) is 11.0. The lowest BCUT2D eigenvalue weighted by atomic mass is 10.0. The van der Waals surface area contributed by atoms with Crippen molar-refractivity contribution in [3.8, 4) is 24.2 Å². The van der Waals surface area contributed by atoms with E-state index in [1.165, 1.54) is 128 Å². The molecule has 186 valence electrons. The Labute approximate surface area is 205 Å². The molecule has 2 nitrogen and oxygen atoms in total. The van der Waals surface area contributed by atoms with Crippen LogP contribution in [-0.4, -0.2) is 11.1 Å². The predicted octanol–water partition coefficient (Wildman–Crippen LogP) is 9.40. The molecule has 0 saturated carbocycles. The lowest BCUT2D eigenvalue weighted by Crippen LogP contribution is -1.85. The van der Waals surface area contributed by atoms with Gasteiger partial charge in [-0.1, -0.05) is 140 Å². The second-order valence-corrected chi connectivity index (χ2v) is 9.19. The van der Waals surface area contributed by atoms with Gasteiger partial charge < -0.3 is 5.11 Å². The Kier molecular flexibility index (Phi) is 26.5. The molecule has 0 aromatic heterocycles. The van der Waals surface area contributed by atoms with Gasteiger partial charge in [-0.2, -0.15) is 0 Å². The van der Waals surface area contributed by atoms with Crippen LogP contribution in [-0.2, 0) is 4.79 Å². The van der Waals surface area contributed by atoms with Crippen LogP contribution in [0.2, 0.25) is 0 Å². The molecule has 0 aromatic carbocycles. The van der Waals surface area contributed by atoms with Crippen LogP contribution < -0.4 is 0 Å². The summed E-state index contributed by atoms with van der Waals surface area (Å²) >= 11 is 0. The van der Waals surface area contributed by atoms with Crippen LogP contribution in [0.4, 0.5) is 0 Å². The molecule has 0 atom stereocenters. The lowest BCUT2D eigenvalue weighted by molar-refractivity contribution is -0.130. The third-order valence-corrected chi connectivity index (χ3v) is 6.09. The van der Waals surface area contributed by atoms with Crippen molar-refractivity contribution in [1.82, 2.24) is 0 Å². The van der Waals surface area contributed by atoms with Crippen LogP contribution in [0.1, 0.15) is 141 Å². The maximum Gasteiger partial charge on any atom is 0.382 e. The zero-order valence-corrected chi connectivity index (χ0v) is 21.3. The lowest BCUT2D eigenvalue weighted by Gasteiger charge is -2.04. The number of carboxylic acid groups (broad SMARTS) is 1. The van der Waals surface area contributed by atoms with Gasteiger partial charge in [0.15, 0.2) is 0 Å². The first kappa shape index (κ1) is 31.1. The molecule has 0 amide bonds. The van der Waals surface area contributed by atoms with E-state index in [-0.39, 0.29) is 0 Å². The van der Waals surface area contributed by atoms with Crippen LogP contribution in [0.25, 0.3) is 0 Å². The minimum atomic E-state index is -1.07. The van der Waals surface area contributed by atoms with Crippen LogP contribution in [0.15, 0.2) is 24.3 Å². The molecule has 0 heterocycles. The summed E-state index contributed by atoms with van der Waals surface area (Å²) in [6, 6.07) is 0. The van der Waals surface area contributed by atoms with E-state index in [4.69, 9.17) is 11.5 Å². The molecule has 33 heavy (non-hydrogen) atoms. The number of unbranched alkanes of at least 4 members (excludes halogenated alkanes) is 21. The number of allylic oxidation sites excluding steroid dienone is 4. The van der Waals surface area contributed by atoms with Crippen molar-refractivity contribution in [1.29, 1.82) is 0 Å². The van der Waals surface area contributed by atoms with E-state index in [1.807, 2.05) is 12.2 Å². The Bertz CT molecular complexity index is 582. The van der Waals surface area contributed by atoms with Gasteiger partial charge >= 0.3 is 5.97 Å². The summed E-state index contributed by atoms with van der Waals surface area (Å²) in [5, 5.41) is 8.40. The number of rotatable bonds is 23. The topological polar surface area (TPSA) is 37.3 Å². The van der Waals surface area contributed by atoms with Gasteiger partial charge in [0.1, 0.15) is 0 Å². The summed E-state index contributed by atoms with van der Waals surface area (Å²) in [6.45, 7) is 0. The molecule has 0 radical (unpaired) electrons. The molecule has 0 saturated heterocycles. The third-order valence-electron chi connectivity index (χ3n) is 6.09. The Balaban J connectivity index is 3.11. The van der Waals surface area contributed by atoms with Crippen LogP contribution >= 0.6 is 0 Å². The molecule has 0 aliphatic carbocycles. The second-order valence-electron chi connectivity index (χ2n) is 9.19. The molecule has 0 aliphatic heterocycles. The molecule has 2 heteroatoms. The molecule has 0 aromatic rings. The summed E-state index contributed by atoms with van der Waals surface area (Å²) in [7, 11) is 0. The molecular formula is C31H50O2. The van der Waals surface area contributed by atoms with E-state index in [0.717, 1.165) is 12.8 Å². The highest BCUT2D eigenvalue weighted by atomic mass is 16.4. The van der Waals surface area contributed by atoms with Crippen LogP contribution in [0.5, 0.6) is 0 Å². The first-order valence-corrected chi connectivity index (χ1v) is 13.8. The molecule has 1 N–H and O–H groups in total. The number of hydrogen-bond donors (Lipinski definition) is 1. The SMILES string of the molecule is C#CC=CCCCCCCCCCCCCCCCCCCCCCCC=CC#CC(=O)O. The van der Waals surface area contributed by atoms with Gasteiger partial charge in [-0.3, -0.25) is 0 Å². The number of terminal acetylenes is 1. The summed E-state index contributed by atoms with van der Waals surface area (Å²) in [5.41, 5.74) is 0. The van der Waals surface area contributed by atoms with Crippen molar-refractivity contribution in [2.24, 2.45) is 0 Å². The summed E-state index contributed by atoms with van der Waals surface area (Å²) in [4.78, 5) is 10.2. The van der Waals surface area contributed by atoms with Gasteiger partial charge in [-0.05, 0) is 37.8 Å². The zero-order chi connectivity index (χ0) is 24.1. The van der Waals surface area contributed by atoms with Gasteiger partial charge in [0.05, 0.1) is 0 Å². The second kappa shape index (κ2) is 28.1. The fourth-order valence-corrected chi connectivity index (χ4v) is 4.10. The minimum absolute atomic E-state index is 1.00. The minimum Gasteiger partial charge on any atom is -0.472 e. The Morgan fingerprint density at radius 3 is 1.15 bits per heavy atom. The molecule has 0 bridgehead atoms. The van der Waals surface area contributed by atoms with Crippen LogP contribution in [0, 0.1) is 24.2 Å². The fourth-order valence-electron chi connectivity index (χ4n) is 4.10. The smallest absolute Gasteiger partial charge is 0.382 e.